The molecule has 142 valence electrons. The molecule has 0 bridgehead atoms. The number of nitrogen functional groups attached to an aromatic ring is 1. The van der Waals surface area contributed by atoms with E-state index in [0.717, 1.165) is 37.6 Å². The summed E-state index contributed by atoms with van der Waals surface area (Å²) in [6, 6.07) is 7.31. The molecule has 2 aromatic rings. The van der Waals surface area contributed by atoms with E-state index in [2.05, 4.69) is 19.4 Å². The van der Waals surface area contributed by atoms with Crippen LogP contribution in [0.15, 0.2) is 46.9 Å². The van der Waals surface area contributed by atoms with Crippen LogP contribution in [0.1, 0.15) is 12.8 Å². The molecular formula is C15H27Cl3N7+. The van der Waals surface area contributed by atoms with Crippen LogP contribution < -0.4 is 21.8 Å². The van der Waals surface area contributed by atoms with Crippen molar-refractivity contribution in [1.29, 1.82) is 0 Å². The van der Waals surface area contributed by atoms with E-state index in [0.29, 0.717) is 18.8 Å². The normalized spacial score (nSPS) is 10.0. The van der Waals surface area contributed by atoms with Crippen LogP contribution in [0, 0.1) is 0 Å². The summed E-state index contributed by atoms with van der Waals surface area (Å²) in [6.07, 6.45) is 5.80. The van der Waals surface area contributed by atoms with Crippen LogP contribution in [-0.4, -0.2) is 17.7 Å². The Morgan fingerprint density at radius 1 is 0.920 bits per heavy atom. The van der Waals surface area contributed by atoms with Gasteiger partial charge in [-0.15, -0.1) is 37.2 Å². The molecule has 0 amide bonds. The molecule has 0 saturated heterocycles. The number of imidazole rings is 1. The summed E-state index contributed by atoms with van der Waals surface area (Å²) in [5.41, 5.74) is 18.3. The van der Waals surface area contributed by atoms with Crippen molar-refractivity contribution in [2.24, 2.45) is 21.7 Å². The Morgan fingerprint density at radius 3 is 2.16 bits per heavy atom. The smallest absolute Gasteiger partial charge is 0.399 e. The number of nitrogens with zero attached hydrogens (tertiary/aromatic N) is 4. The fourth-order valence-electron chi connectivity index (χ4n) is 2.09. The summed E-state index contributed by atoms with van der Waals surface area (Å²) in [7, 11) is 0. The topological polar surface area (TPSA) is 112 Å². The molecule has 0 aliphatic rings. The summed E-state index contributed by atoms with van der Waals surface area (Å²) in [6.45, 7) is 2.94. The van der Waals surface area contributed by atoms with Crippen molar-refractivity contribution in [2.75, 3.05) is 18.8 Å². The molecular weight excluding hydrogens is 385 g/mol. The van der Waals surface area contributed by atoms with Crippen molar-refractivity contribution in [1.82, 2.24) is 4.57 Å². The molecule has 0 aliphatic heterocycles. The van der Waals surface area contributed by atoms with Gasteiger partial charge in [0.25, 0.3) is 0 Å². The summed E-state index contributed by atoms with van der Waals surface area (Å²) in [5, 5.41) is 8.69. The monoisotopic (exact) mass is 410 g/mol. The standard InChI is InChI=1S/C15H23N7.3ClH/c16-7-1-9-21-11-12-22(10-2-8-17)15(21)20-19-14-5-3-13(18)4-6-14;;;/h3-6,11-12,18H,1-2,7-10,16-17H2;3*1H/p+1. The highest BCUT2D eigenvalue weighted by Gasteiger charge is 2.16. The number of halogens is 3. The Hall–Kier alpha value is -1.38. The molecule has 1 aromatic carbocycles. The number of azo groups is 1. The van der Waals surface area contributed by atoms with Crippen LogP contribution in [0.4, 0.5) is 17.3 Å². The van der Waals surface area contributed by atoms with Crippen molar-refractivity contribution < 1.29 is 4.57 Å². The van der Waals surface area contributed by atoms with Gasteiger partial charge in [0.15, 0.2) is 0 Å². The summed E-state index contributed by atoms with van der Waals surface area (Å²) in [5.74, 6) is 0.804. The highest BCUT2D eigenvalue weighted by atomic mass is 35.5. The second-order valence-corrected chi connectivity index (χ2v) is 5.06. The Kier molecular flexibility index (Phi) is 14.3. The van der Waals surface area contributed by atoms with Crippen LogP contribution >= 0.6 is 37.2 Å². The zero-order valence-corrected chi connectivity index (χ0v) is 16.4. The largest absolute Gasteiger partial charge is 0.421 e. The summed E-state index contributed by atoms with van der Waals surface area (Å²) >= 11 is 0. The van der Waals surface area contributed by atoms with Gasteiger partial charge >= 0.3 is 5.95 Å². The maximum atomic E-state index is 5.67. The quantitative estimate of drug-likeness (QED) is 0.352. The number of aromatic nitrogens is 2. The number of anilines is 1. The Balaban J connectivity index is 0. The molecule has 0 radical (unpaired) electrons. The maximum Gasteiger partial charge on any atom is 0.421 e. The average Bonchev–Trinajstić information content (AvgIpc) is 2.92. The van der Waals surface area contributed by atoms with Gasteiger partial charge in [0.2, 0.25) is 0 Å². The molecule has 1 aromatic heterocycles. The van der Waals surface area contributed by atoms with E-state index in [9.17, 15) is 0 Å². The highest BCUT2D eigenvalue weighted by Crippen LogP contribution is 2.17. The van der Waals surface area contributed by atoms with Crippen LogP contribution in [-0.2, 0) is 13.1 Å². The molecule has 0 atom stereocenters. The molecule has 0 saturated carbocycles. The maximum absolute atomic E-state index is 5.67. The first-order chi connectivity index (χ1) is 10.7. The van der Waals surface area contributed by atoms with E-state index < -0.39 is 0 Å². The predicted octanol–water partition coefficient (Wildman–Crippen LogP) is 2.74. The second-order valence-electron chi connectivity index (χ2n) is 5.06. The first-order valence-electron chi connectivity index (χ1n) is 7.50. The third-order valence-corrected chi connectivity index (χ3v) is 3.29. The van der Waals surface area contributed by atoms with E-state index >= 15 is 0 Å². The van der Waals surface area contributed by atoms with Gasteiger partial charge < -0.3 is 17.2 Å². The molecule has 0 aliphatic carbocycles. The van der Waals surface area contributed by atoms with E-state index in [1.165, 1.54) is 0 Å². The molecule has 7 nitrogen and oxygen atoms in total. The van der Waals surface area contributed by atoms with Crippen molar-refractivity contribution in [3.63, 3.8) is 0 Å². The number of aryl methyl sites for hydroxylation is 2. The minimum absolute atomic E-state index is 0. The van der Waals surface area contributed by atoms with Gasteiger partial charge in [-0.1, -0.05) is 5.11 Å². The molecule has 0 unspecified atom stereocenters. The van der Waals surface area contributed by atoms with E-state index in [4.69, 9.17) is 17.2 Å². The summed E-state index contributed by atoms with van der Waals surface area (Å²) in [4.78, 5) is 0. The van der Waals surface area contributed by atoms with E-state index in [1.807, 2.05) is 36.7 Å². The molecule has 0 fully saturated rings. The zero-order chi connectivity index (χ0) is 15.8. The predicted molar refractivity (Wildman–Crippen MR) is 109 cm³/mol. The zero-order valence-electron chi connectivity index (χ0n) is 14.0. The molecule has 25 heavy (non-hydrogen) atoms. The van der Waals surface area contributed by atoms with Crippen LogP contribution in [0.25, 0.3) is 0 Å². The fourth-order valence-corrected chi connectivity index (χ4v) is 2.09. The first-order valence-corrected chi connectivity index (χ1v) is 7.50. The molecule has 1 heterocycles. The van der Waals surface area contributed by atoms with Gasteiger partial charge in [0, 0.05) is 10.8 Å². The van der Waals surface area contributed by atoms with Gasteiger partial charge in [-0.3, -0.25) is 0 Å². The van der Waals surface area contributed by atoms with Crippen LogP contribution in [0.5, 0.6) is 0 Å². The lowest BCUT2D eigenvalue weighted by Crippen LogP contribution is -2.33. The van der Waals surface area contributed by atoms with Crippen molar-refractivity contribution >= 4 is 54.5 Å². The molecule has 0 spiro atoms. The number of rotatable bonds is 8. The minimum Gasteiger partial charge on any atom is -0.399 e. The Morgan fingerprint density at radius 2 is 1.56 bits per heavy atom. The fraction of sp³-hybridized carbons (Fsp3) is 0.400. The highest BCUT2D eigenvalue weighted by molar-refractivity contribution is 5.86. The van der Waals surface area contributed by atoms with Gasteiger partial charge in [-0.25, -0.2) is 9.13 Å². The van der Waals surface area contributed by atoms with E-state index in [1.54, 1.807) is 0 Å². The van der Waals surface area contributed by atoms with Gasteiger partial charge in [-0.05, 0) is 50.2 Å². The lowest BCUT2D eigenvalue weighted by Gasteiger charge is -1.99. The first kappa shape index (κ1) is 25.9. The summed E-state index contributed by atoms with van der Waals surface area (Å²) < 4.78 is 4.12. The third kappa shape index (κ3) is 8.02. The molecule has 10 heteroatoms. The molecule has 6 N–H and O–H groups in total. The SMILES string of the molecule is Cl.Cl.Cl.NCCCn1cc[n+](CCCN)c1N=Nc1ccc(N)cc1. The van der Waals surface area contributed by atoms with Crippen molar-refractivity contribution in [2.45, 2.75) is 25.9 Å². The number of benzene rings is 1. The lowest BCUT2D eigenvalue weighted by molar-refractivity contribution is -0.683. The number of hydrogen-bond acceptors (Lipinski definition) is 5. The minimum atomic E-state index is 0. The van der Waals surface area contributed by atoms with Crippen molar-refractivity contribution in [3.8, 4) is 0 Å². The Labute approximate surface area is 166 Å². The lowest BCUT2D eigenvalue weighted by atomic mass is 10.3. The van der Waals surface area contributed by atoms with Crippen LogP contribution in [0.2, 0.25) is 0 Å². The second kappa shape index (κ2) is 13.9. The Bertz CT molecular complexity index is 589. The third-order valence-electron chi connectivity index (χ3n) is 3.29. The van der Waals surface area contributed by atoms with Crippen LogP contribution in [0.3, 0.4) is 0 Å². The van der Waals surface area contributed by atoms with E-state index in [-0.39, 0.29) is 37.2 Å². The molecule has 2 rings (SSSR count). The number of hydrogen-bond donors (Lipinski definition) is 3. The van der Waals surface area contributed by atoms with Crippen molar-refractivity contribution in [3.05, 3.63) is 36.7 Å². The van der Waals surface area contributed by atoms with Gasteiger partial charge in [0.05, 0.1) is 25.5 Å². The van der Waals surface area contributed by atoms with Gasteiger partial charge in [0.1, 0.15) is 5.69 Å². The van der Waals surface area contributed by atoms with Gasteiger partial charge in [-0.2, -0.15) is 0 Å². The number of nitrogens with two attached hydrogens (primary N) is 3. The average molecular weight is 412 g/mol.